The van der Waals surface area contributed by atoms with Gasteiger partial charge in [-0.3, -0.25) is 4.79 Å². The Balaban J connectivity index is 1.67. The van der Waals surface area contributed by atoms with Gasteiger partial charge in [-0.25, -0.2) is 9.97 Å². The fourth-order valence-electron chi connectivity index (χ4n) is 2.50. The number of carbonyl (C=O) groups excluding carboxylic acids is 1. The highest BCUT2D eigenvalue weighted by molar-refractivity contribution is 5.93. The van der Waals surface area contributed by atoms with Gasteiger partial charge >= 0.3 is 0 Å². The fourth-order valence-corrected chi connectivity index (χ4v) is 2.50. The molecular weight excluding hydrogens is 298 g/mol. The van der Waals surface area contributed by atoms with Crippen LogP contribution in [0.25, 0.3) is 11.4 Å². The molecule has 24 heavy (non-hydrogen) atoms. The van der Waals surface area contributed by atoms with Gasteiger partial charge in [0.05, 0.1) is 5.56 Å². The van der Waals surface area contributed by atoms with Crippen molar-refractivity contribution in [3.8, 4) is 11.4 Å². The van der Waals surface area contributed by atoms with Crippen molar-refractivity contribution in [1.29, 1.82) is 0 Å². The molecule has 1 amide bonds. The van der Waals surface area contributed by atoms with Crippen molar-refractivity contribution in [2.24, 2.45) is 0 Å². The quantitative estimate of drug-likeness (QED) is 0.798. The third-order valence-corrected chi connectivity index (χ3v) is 3.88. The third kappa shape index (κ3) is 3.66. The molecule has 1 heterocycles. The Bertz CT molecular complexity index is 843. The summed E-state index contributed by atoms with van der Waals surface area (Å²) in [4.78, 5) is 20.8. The molecule has 0 saturated heterocycles. The summed E-state index contributed by atoms with van der Waals surface area (Å²) < 4.78 is 0. The molecule has 0 spiro atoms. The maximum absolute atomic E-state index is 12.3. The lowest BCUT2D eigenvalue weighted by molar-refractivity contribution is 0.0950. The van der Waals surface area contributed by atoms with Crippen molar-refractivity contribution < 1.29 is 4.79 Å². The second kappa shape index (κ2) is 7.04. The first kappa shape index (κ1) is 15.9. The molecule has 0 fully saturated rings. The zero-order valence-electron chi connectivity index (χ0n) is 13.8. The van der Waals surface area contributed by atoms with Crippen molar-refractivity contribution in [3.05, 3.63) is 83.2 Å². The summed E-state index contributed by atoms with van der Waals surface area (Å²) in [5, 5.41) is 2.92. The Labute approximate surface area is 141 Å². The van der Waals surface area contributed by atoms with E-state index in [2.05, 4.69) is 28.3 Å². The number of amides is 1. The molecule has 1 aromatic heterocycles. The summed E-state index contributed by atoms with van der Waals surface area (Å²) in [5.41, 5.74) is 4.88. The van der Waals surface area contributed by atoms with Crippen LogP contribution in [-0.2, 0) is 6.54 Å². The van der Waals surface area contributed by atoms with Crippen LogP contribution in [0.2, 0.25) is 0 Å². The van der Waals surface area contributed by atoms with E-state index in [-0.39, 0.29) is 5.91 Å². The van der Waals surface area contributed by atoms with Crippen LogP contribution in [0.4, 0.5) is 0 Å². The lowest BCUT2D eigenvalue weighted by Crippen LogP contribution is -2.23. The van der Waals surface area contributed by atoms with E-state index in [1.54, 1.807) is 12.4 Å². The molecule has 0 unspecified atom stereocenters. The average Bonchev–Trinajstić information content (AvgIpc) is 2.62. The zero-order chi connectivity index (χ0) is 16.9. The van der Waals surface area contributed by atoms with E-state index < -0.39 is 0 Å². The van der Waals surface area contributed by atoms with Gasteiger partial charge < -0.3 is 5.32 Å². The molecule has 0 radical (unpaired) electrons. The SMILES string of the molecule is Cc1ccc(CNC(=O)c2cnc(-c3ccccc3)nc2)c(C)c1. The van der Waals surface area contributed by atoms with Crippen LogP contribution < -0.4 is 5.32 Å². The molecule has 0 aliphatic carbocycles. The van der Waals surface area contributed by atoms with Gasteiger partial charge in [-0.05, 0) is 25.0 Å². The Morgan fingerprint density at radius 2 is 1.71 bits per heavy atom. The van der Waals surface area contributed by atoms with E-state index in [1.807, 2.05) is 49.4 Å². The number of rotatable bonds is 4. The smallest absolute Gasteiger partial charge is 0.254 e. The minimum Gasteiger partial charge on any atom is -0.348 e. The first-order valence-electron chi connectivity index (χ1n) is 7.85. The van der Waals surface area contributed by atoms with Gasteiger partial charge in [0.2, 0.25) is 0 Å². The van der Waals surface area contributed by atoms with Crippen LogP contribution in [0.1, 0.15) is 27.0 Å². The van der Waals surface area contributed by atoms with Crippen molar-refractivity contribution in [2.75, 3.05) is 0 Å². The van der Waals surface area contributed by atoms with Gasteiger partial charge in [-0.15, -0.1) is 0 Å². The van der Waals surface area contributed by atoms with Crippen molar-refractivity contribution >= 4 is 5.91 Å². The summed E-state index contributed by atoms with van der Waals surface area (Å²) in [6, 6.07) is 15.9. The number of nitrogens with one attached hydrogen (secondary N) is 1. The minimum absolute atomic E-state index is 0.172. The third-order valence-electron chi connectivity index (χ3n) is 3.88. The molecule has 2 aromatic carbocycles. The van der Waals surface area contributed by atoms with Crippen molar-refractivity contribution in [3.63, 3.8) is 0 Å². The fraction of sp³-hybridized carbons (Fsp3) is 0.150. The van der Waals surface area contributed by atoms with Gasteiger partial charge in [0, 0.05) is 24.5 Å². The first-order valence-corrected chi connectivity index (χ1v) is 7.85. The van der Waals surface area contributed by atoms with Crippen LogP contribution in [0.15, 0.2) is 60.9 Å². The molecule has 0 aliphatic rings. The maximum atomic E-state index is 12.3. The molecule has 0 bridgehead atoms. The number of hydrogen-bond donors (Lipinski definition) is 1. The minimum atomic E-state index is -0.172. The number of aromatic nitrogens is 2. The van der Waals surface area contributed by atoms with Crippen LogP contribution in [0.3, 0.4) is 0 Å². The number of benzene rings is 2. The van der Waals surface area contributed by atoms with Gasteiger partial charge in [0.15, 0.2) is 5.82 Å². The van der Waals surface area contributed by atoms with E-state index in [0.29, 0.717) is 17.9 Å². The second-order valence-corrected chi connectivity index (χ2v) is 5.77. The number of nitrogens with zero attached hydrogens (tertiary/aromatic N) is 2. The second-order valence-electron chi connectivity index (χ2n) is 5.77. The van der Waals surface area contributed by atoms with Crippen molar-refractivity contribution in [1.82, 2.24) is 15.3 Å². The first-order chi connectivity index (χ1) is 11.6. The van der Waals surface area contributed by atoms with E-state index in [0.717, 1.165) is 11.1 Å². The molecule has 3 aromatic rings. The molecule has 0 aliphatic heterocycles. The predicted molar refractivity (Wildman–Crippen MR) is 94.6 cm³/mol. The summed E-state index contributed by atoms with van der Waals surface area (Å²) in [6.45, 7) is 4.60. The standard InChI is InChI=1S/C20H19N3O/c1-14-8-9-17(15(2)10-14)11-23-20(24)18-12-21-19(22-13-18)16-6-4-3-5-7-16/h3-10,12-13H,11H2,1-2H3,(H,23,24). The monoisotopic (exact) mass is 317 g/mol. The number of hydrogen-bond acceptors (Lipinski definition) is 3. The van der Waals surface area contributed by atoms with Crippen LogP contribution in [-0.4, -0.2) is 15.9 Å². The highest BCUT2D eigenvalue weighted by atomic mass is 16.1. The lowest BCUT2D eigenvalue weighted by atomic mass is 10.1. The number of aryl methyl sites for hydroxylation is 2. The molecule has 0 saturated carbocycles. The Hall–Kier alpha value is -3.01. The summed E-state index contributed by atoms with van der Waals surface area (Å²) in [6.07, 6.45) is 3.12. The summed E-state index contributed by atoms with van der Waals surface area (Å²) in [7, 11) is 0. The summed E-state index contributed by atoms with van der Waals surface area (Å²) in [5.74, 6) is 0.441. The van der Waals surface area contributed by atoms with Crippen molar-refractivity contribution in [2.45, 2.75) is 20.4 Å². The van der Waals surface area contributed by atoms with Gasteiger partial charge in [0.1, 0.15) is 0 Å². The molecule has 4 heteroatoms. The van der Waals surface area contributed by atoms with Gasteiger partial charge in [0.25, 0.3) is 5.91 Å². The van der Waals surface area contributed by atoms with E-state index in [9.17, 15) is 4.79 Å². The van der Waals surface area contributed by atoms with E-state index in [1.165, 1.54) is 11.1 Å². The van der Waals surface area contributed by atoms with Gasteiger partial charge in [-0.2, -0.15) is 0 Å². The normalized spacial score (nSPS) is 10.4. The average molecular weight is 317 g/mol. The highest BCUT2D eigenvalue weighted by Crippen LogP contribution is 2.13. The molecule has 1 N–H and O–H groups in total. The molecule has 0 atom stereocenters. The lowest BCUT2D eigenvalue weighted by Gasteiger charge is -2.09. The topological polar surface area (TPSA) is 54.9 Å². The molecule has 4 nitrogen and oxygen atoms in total. The maximum Gasteiger partial charge on any atom is 0.254 e. The molecular formula is C20H19N3O. The Kier molecular flexibility index (Phi) is 4.66. The van der Waals surface area contributed by atoms with E-state index in [4.69, 9.17) is 0 Å². The predicted octanol–water partition coefficient (Wildman–Crippen LogP) is 3.69. The number of carbonyl (C=O) groups is 1. The van der Waals surface area contributed by atoms with Crippen LogP contribution in [0, 0.1) is 13.8 Å². The Morgan fingerprint density at radius 1 is 1.00 bits per heavy atom. The van der Waals surface area contributed by atoms with E-state index >= 15 is 0 Å². The largest absolute Gasteiger partial charge is 0.348 e. The van der Waals surface area contributed by atoms with Crippen LogP contribution >= 0.6 is 0 Å². The summed E-state index contributed by atoms with van der Waals surface area (Å²) >= 11 is 0. The van der Waals surface area contributed by atoms with Gasteiger partial charge in [-0.1, -0.05) is 54.1 Å². The molecule has 3 rings (SSSR count). The highest BCUT2D eigenvalue weighted by Gasteiger charge is 2.08. The Morgan fingerprint density at radius 3 is 2.38 bits per heavy atom. The zero-order valence-corrected chi connectivity index (χ0v) is 13.8. The van der Waals surface area contributed by atoms with Crippen LogP contribution in [0.5, 0.6) is 0 Å². The molecule has 120 valence electrons.